The van der Waals surface area contributed by atoms with Gasteiger partial charge in [0.25, 0.3) is 5.56 Å². The van der Waals surface area contributed by atoms with Crippen LogP contribution < -0.4 is 10.9 Å². The molecule has 2 heterocycles. The van der Waals surface area contributed by atoms with Crippen LogP contribution >= 0.6 is 11.3 Å². The van der Waals surface area contributed by atoms with Crippen molar-refractivity contribution in [1.82, 2.24) is 13.9 Å². The largest absolute Gasteiger partial charge is 0.457 e. The number of hydrogen-bond donors (Lipinski definition) is 1. The molecule has 2 aromatic carbocycles. The van der Waals surface area contributed by atoms with E-state index in [-0.39, 0.29) is 28.3 Å². The van der Waals surface area contributed by atoms with E-state index in [1.54, 1.807) is 6.92 Å². The number of sulfonamides is 1. The summed E-state index contributed by atoms with van der Waals surface area (Å²) in [6.45, 7) is 1.44. The highest BCUT2D eigenvalue weighted by Gasteiger charge is 2.21. The molecule has 4 rings (SSSR count). The van der Waals surface area contributed by atoms with Crippen LogP contribution in [-0.2, 0) is 32.7 Å². The number of carbonyl (C=O) groups is 2. The van der Waals surface area contributed by atoms with Gasteiger partial charge in [0, 0.05) is 19.8 Å². The summed E-state index contributed by atoms with van der Waals surface area (Å²) in [7, 11) is -0.728. The van der Waals surface area contributed by atoms with Gasteiger partial charge in [-0.3, -0.25) is 14.2 Å². The van der Waals surface area contributed by atoms with Gasteiger partial charge in [-0.05, 0) is 42.3 Å². The zero-order valence-corrected chi connectivity index (χ0v) is 21.9. The van der Waals surface area contributed by atoms with Gasteiger partial charge in [-0.15, -0.1) is 11.3 Å². The van der Waals surface area contributed by atoms with Crippen molar-refractivity contribution >= 4 is 49.1 Å². The summed E-state index contributed by atoms with van der Waals surface area (Å²) in [5.41, 5.74) is 1.21. The molecule has 0 aliphatic carbocycles. The molecule has 4 aromatic rings. The van der Waals surface area contributed by atoms with Crippen molar-refractivity contribution in [3.05, 3.63) is 87.3 Å². The van der Waals surface area contributed by atoms with Crippen LogP contribution in [0.2, 0.25) is 0 Å². The Morgan fingerprint density at radius 2 is 1.76 bits per heavy atom. The van der Waals surface area contributed by atoms with Crippen molar-refractivity contribution in [2.75, 3.05) is 19.4 Å². The normalized spacial score (nSPS) is 11.6. The van der Waals surface area contributed by atoms with Gasteiger partial charge in [0.05, 0.1) is 16.6 Å². The van der Waals surface area contributed by atoms with Crippen molar-refractivity contribution in [3.63, 3.8) is 0 Å². The Kier molecular flexibility index (Phi) is 7.52. The molecule has 37 heavy (non-hydrogen) atoms. The Bertz CT molecular complexity index is 1630. The van der Waals surface area contributed by atoms with E-state index in [1.807, 2.05) is 30.3 Å². The van der Waals surface area contributed by atoms with Crippen LogP contribution in [0.5, 0.6) is 0 Å². The topological polar surface area (TPSA) is 128 Å². The summed E-state index contributed by atoms with van der Waals surface area (Å²) in [5, 5.41) is 2.89. The van der Waals surface area contributed by atoms with E-state index in [0.717, 1.165) is 25.8 Å². The average Bonchev–Trinajstić information content (AvgIpc) is 3.22. The van der Waals surface area contributed by atoms with Crippen LogP contribution in [0, 0.1) is 6.92 Å². The van der Waals surface area contributed by atoms with Gasteiger partial charge in [0.15, 0.2) is 0 Å². The lowest BCUT2D eigenvalue weighted by atomic mass is 10.2. The molecule has 0 aliphatic heterocycles. The Balaban J connectivity index is 1.48. The predicted octanol–water partition coefficient (Wildman–Crippen LogP) is 3.01. The predicted molar refractivity (Wildman–Crippen MR) is 140 cm³/mol. The SMILES string of the molecule is Cc1c(C(=O)OCc2ccccc2)sc2ncn(CC(=O)Nc3ccc(S(=O)(=O)N(C)C)cc3)c(=O)c12. The molecular formula is C25H24N4O6S2. The Morgan fingerprint density at radius 1 is 1.08 bits per heavy atom. The molecule has 0 aliphatic rings. The number of ether oxygens (including phenoxy) is 1. The fraction of sp³-hybridized carbons (Fsp3) is 0.200. The summed E-state index contributed by atoms with van der Waals surface area (Å²) in [5.74, 6) is -1.05. The molecule has 0 saturated carbocycles. The van der Waals surface area contributed by atoms with E-state index in [2.05, 4.69) is 10.3 Å². The van der Waals surface area contributed by atoms with E-state index in [9.17, 15) is 22.8 Å². The highest BCUT2D eigenvalue weighted by molar-refractivity contribution is 7.89. The van der Waals surface area contributed by atoms with Crippen molar-refractivity contribution < 1.29 is 22.7 Å². The molecule has 0 atom stereocenters. The highest BCUT2D eigenvalue weighted by atomic mass is 32.2. The number of carbonyl (C=O) groups excluding carboxylic acids is 2. The molecule has 1 N–H and O–H groups in total. The lowest BCUT2D eigenvalue weighted by Crippen LogP contribution is -2.28. The number of fused-ring (bicyclic) bond motifs is 1. The molecule has 0 radical (unpaired) electrons. The number of aromatic nitrogens is 2. The molecule has 10 nitrogen and oxygen atoms in total. The zero-order chi connectivity index (χ0) is 26.7. The molecule has 0 saturated heterocycles. The number of hydrogen-bond acceptors (Lipinski definition) is 8. The number of benzene rings is 2. The van der Waals surface area contributed by atoms with E-state index in [4.69, 9.17) is 4.74 Å². The monoisotopic (exact) mass is 540 g/mol. The summed E-state index contributed by atoms with van der Waals surface area (Å²) in [6, 6.07) is 15.0. The first-order valence-corrected chi connectivity index (χ1v) is 13.4. The third-order valence-corrected chi connectivity index (χ3v) is 8.56. The first-order valence-electron chi connectivity index (χ1n) is 11.1. The molecule has 2 aromatic heterocycles. The standard InChI is InChI=1S/C25H24N4O6S2/c1-16-21-23(36-22(16)25(32)35-14-17-7-5-4-6-8-17)26-15-29(24(21)31)13-20(30)27-18-9-11-19(12-10-18)37(33,34)28(2)3/h4-12,15H,13-14H2,1-3H3,(H,27,30). The first-order chi connectivity index (χ1) is 17.6. The highest BCUT2D eigenvalue weighted by Crippen LogP contribution is 2.27. The lowest BCUT2D eigenvalue weighted by molar-refractivity contribution is -0.116. The fourth-order valence-corrected chi connectivity index (χ4v) is 5.47. The number of nitrogens with one attached hydrogen (secondary N) is 1. The lowest BCUT2D eigenvalue weighted by Gasteiger charge is -2.12. The summed E-state index contributed by atoms with van der Waals surface area (Å²) >= 11 is 1.06. The molecule has 0 spiro atoms. The molecule has 1 amide bonds. The molecule has 0 bridgehead atoms. The van der Waals surface area contributed by atoms with Gasteiger partial charge in [0.1, 0.15) is 22.9 Å². The van der Waals surface area contributed by atoms with E-state index in [0.29, 0.717) is 16.1 Å². The third-order valence-electron chi connectivity index (χ3n) is 5.55. The fourth-order valence-electron chi connectivity index (χ4n) is 3.53. The molecule has 12 heteroatoms. The summed E-state index contributed by atoms with van der Waals surface area (Å²) < 4.78 is 32.0. The Hall–Kier alpha value is -3.87. The van der Waals surface area contributed by atoms with Crippen LogP contribution in [0.25, 0.3) is 10.2 Å². The number of thiophene rings is 1. The second kappa shape index (κ2) is 10.6. The van der Waals surface area contributed by atoms with Gasteiger partial charge in [-0.25, -0.2) is 22.5 Å². The van der Waals surface area contributed by atoms with E-state index >= 15 is 0 Å². The van der Waals surface area contributed by atoms with E-state index in [1.165, 1.54) is 44.7 Å². The summed E-state index contributed by atoms with van der Waals surface area (Å²) in [6.07, 6.45) is 1.26. The van der Waals surface area contributed by atoms with Crippen molar-refractivity contribution in [1.29, 1.82) is 0 Å². The van der Waals surface area contributed by atoms with Crippen molar-refractivity contribution in [2.24, 2.45) is 0 Å². The van der Waals surface area contributed by atoms with Gasteiger partial charge in [-0.2, -0.15) is 0 Å². The molecular weight excluding hydrogens is 516 g/mol. The van der Waals surface area contributed by atoms with Crippen LogP contribution in [0.15, 0.2) is 70.6 Å². The number of esters is 1. The van der Waals surface area contributed by atoms with Crippen molar-refractivity contribution in [3.8, 4) is 0 Å². The Morgan fingerprint density at radius 3 is 2.41 bits per heavy atom. The zero-order valence-electron chi connectivity index (χ0n) is 20.3. The maximum atomic E-state index is 13.1. The number of aryl methyl sites for hydroxylation is 1. The number of amides is 1. The minimum Gasteiger partial charge on any atom is -0.457 e. The number of nitrogens with zero attached hydrogens (tertiary/aromatic N) is 3. The average molecular weight is 541 g/mol. The quantitative estimate of drug-likeness (QED) is 0.340. The Labute approximate surface area is 217 Å². The van der Waals surface area contributed by atoms with Crippen LogP contribution in [0.4, 0.5) is 5.69 Å². The summed E-state index contributed by atoms with van der Waals surface area (Å²) in [4.78, 5) is 43.3. The number of rotatable bonds is 8. The van der Waals surface area contributed by atoms with Crippen LogP contribution in [0.3, 0.4) is 0 Å². The second-order valence-electron chi connectivity index (χ2n) is 8.34. The number of anilines is 1. The van der Waals surface area contributed by atoms with Gasteiger partial charge >= 0.3 is 5.97 Å². The van der Waals surface area contributed by atoms with Gasteiger partial charge < -0.3 is 10.1 Å². The minimum absolute atomic E-state index is 0.0902. The maximum Gasteiger partial charge on any atom is 0.349 e. The maximum absolute atomic E-state index is 13.1. The smallest absolute Gasteiger partial charge is 0.349 e. The van der Waals surface area contributed by atoms with Gasteiger partial charge in [0.2, 0.25) is 15.9 Å². The third kappa shape index (κ3) is 5.61. The molecule has 0 fully saturated rings. The van der Waals surface area contributed by atoms with Crippen LogP contribution in [0.1, 0.15) is 20.8 Å². The van der Waals surface area contributed by atoms with E-state index < -0.39 is 27.5 Å². The van der Waals surface area contributed by atoms with Gasteiger partial charge in [-0.1, -0.05) is 30.3 Å². The minimum atomic E-state index is -3.59. The van der Waals surface area contributed by atoms with Crippen molar-refractivity contribution in [2.45, 2.75) is 25.0 Å². The second-order valence-corrected chi connectivity index (χ2v) is 11.5. The van der Waals surface area contributed by atoms with Crippen LogP contribution in [-0.4, -0.2) is 48.2 Å². The molecule has 192 valence electrons. The first kappa shape index (κ1) is 26.2. The molecule has 0 unspecified atom stereocenters.